The highest BCUT2D eigenvalue weighted by molar-refractivity contribution is 6.30. The predicted octanol–water partition coefficient (Wildman–Crippen LogP) is 2.16. The molecule has 1 fully saturated rings. The number of benzene rings is 1. The van der Waals surface area contributed by atoms with Crippen LogP contribution in [0.2, 0.25) is 5.02 Å². The Bertz CT molecular complexity index is 327. The average Bonchev–Trinajstić information content (AvgIpc) is 2.82. The zero-order valence-corrected chi connectivity index (χ0v) is 8.21. The van der Waals surface area contributed by atoms with E-state index in [1.807, 2.05) is 18.2 Å². The molecular formula is C10H12ClNO. The molecule has 1 saturated carbocycles. The van der Waals surface area contributed by atoms with E-state index < -0.39 is 0 Å². The van der Waals surface area contributed by atoms with Crippen molar-refractivity contribution >= 4 is 11.6 Å². The van der Waals surface area contributed by atoms with Crippen LogP contribution in [0.4, 0.5) is 0 Å². The zero-order chi connectivity index (χ0) is 9.42. The summed E-state index contributed by atoms with van der Waals surface area (Å²) in [5.41, 5.74) is 6.95. The molecule has 2 atom stereocenters. The SMILES string of the molecule is COc1cc(Cl)ccc1C1CC1N. The van der Waals surface area contributed by atoms with Crippen LogP contribution in [-0.2, 0) is 0 Å². The Morgan fingerprint density at radius 2 is 2.23 bits per heavy atom. The van der Waals surface area contributed by atoms with Crippen LogP contribution in [0.3, 0.4) is 0 Å². The third-order valence-electron chi connectivity index (χ3n) is 2.43. The van der Waals surface area contributed by atoms with Crippen molar-refractivity contribution in [3.05, 3.63) is 28.8 Å². The van der Waals surface area contributed by atoms with E-state index in [-0.39, 0.29) is 0 Å². The quantitative estimate of drug-likeness (QED) is 0.789. The van der Waals surface area contributed by atoms with Crippen molar-refractivity contribution in [2.45, 2.75) is 18.4 Å². The van der Waals surface area contributed by atoms with E-state index in [4.69, 9.17) is 22.1 Å². The van der Waals surface area contributed by atoms with Crippen molar-refractivity contribution in [1.29, 1.82) is 0 Å². The number of ether oxygens (including phenoxy) is 1. The second-order valence-electron chi connectivity index (χ2n) is 3.39. The lowest BCUT2D eigenvalue weighted by molar-refractivity contribution is 0.409. The van der Waals surface area contributed by atoms with Crippen molar-refractivity contribution in [2.24, 2.45) is 5.73 Å². The molecule has 70 valence electrons. The maximum Gasteiger partial charge on any atom is 0.123 e. The Morgan fingerprint density at radius 1 is 1.54 bits per heavy atom. The molecule has 1 aromatic rings. The summed E-state index contributed by atoms with van der Waals surface area (Å²) in [4.78, 5) is 0. The molecule has 0 spiro atoms. The highest BCUT2D eigenvalue weighted by Gasteiger charge is 2.36. The third kappa shape index (κ3) is 1.64. The Hall–Kier alpha value is -0.730. The molecule has 0 amide bonds. The number of hydrogen-bond donors (Lipinski definition) is 1. The van der Waals surface area contributed by atoms with E-state index >= 15 is 0 Å². The molecule has 1 aliphatic rings. The van der Waals surface area contributed by atoms with Gasteiger partial charge in [-0.1, -0.05) is 17.7 Å². The minimum Gasteiger partial charge on any atom is -0.496 e. The summed E-state index contributed by atoms with van der Waals surface area (Å²) in [6.07, 6.45) is 1.05. The number of halogens is 1. The molecule has 2 rings (SSSR count). The van der Waals surface area contributed by atoms with Gasteiger partial charge in [0.15, 0.2) is 0 Å². The van der Waals surface area contributed by atoms with Crippen molar-refractivity contribution < 1.29 is 4.74 Å². The fraction of sp³-hybridized carbons (Fsp3) is 0.400. The Kier molecular flexibility index (Phi) is 2.18. The second kappa shape index (κ2) is 3.20. The predicted molar refractivity (Wildman–Crippen MR) is 53.3 cm³/mol. The summed E-state index contributed by atoms with van der Waals surface area (Å²) in [5, 5.41) is 0.704. The fourth-order valence-corrected chi connectivity index (χ4v) is 1.73. The van der Waals surface area contributed by atoms with Gasteiger partial charge in [-0.2, -0.15) is 0 Å². The molecule has 3 heteroatoms. The topological polar surface area (TPSA) is 35.2 Å². The Morgan fingerprint density at radius 3 is 2.77 bits per heavy atom. The number of nitrogens with two attached hydrogens (primary N) is 1. The van der Waals surface area contributed by atoms with Crippen LogP contribution in [0.1, 0.15) is 17.9 Å². The molecule has 1 aliphatic carbocycles. The van der Waals surface area contributed by atoms with Gasteiger partial charge in [0.05, 0.1) is 7.11 Å². The highest BCUT2D eigenvalue weighted by atomic mass is 35.5. The molecule has 0 aromatic heterocycles. The van der Waals surface area contributed by atoms with E-state index in [0.717, 1.165) is 12.2 Å². The first-order chi connectivity index (χ1) is 6.22. The van der Waals surface area contributed by atoms with Crippen LogP contribution in [0, 0.1) is 0 Å². The number of hydrogen-bond acceptors (Lipinski definition) is 2. The van der Waals surface area contributed by atoms with Crippen LogP contribution in [0.25, 0.3) is 0 Å². The minimum atomic E-state index is 0.301. The van der Waals surface area contributed by atoms with Crippen LogP contribution in [-0.4, -0.2) is 13.2 Å². The summed E-state index contributed by atoms with van der Waals surface area (Å²) in [6.45, 7) is 0. The van der Waals surface area contributed by atoms with Gasteiger partial charge in [0.25, 0.3) is 0 Å². The monoisotopic (exact) mass is 197 g/mol. The van der Waals surface area contributed by atoms with E-state index in [0.29, 0.717) is 17.0 Å². The molecule has 0 bridgehead atoms. The lowest BCUT2D eigenvalue weighted by Crippen LogP contribution is -2.02. The van der Waals surface area contributed by atoms with Crippen LogP contribution in [0.5, 0.6) is 5.75 Å². The summed E-state index contributed by atoms with van der Waals surface area (Å²) in [6, 6.07) is 6.01. The average molecular weight is 198 g/mol. The molecule has 13 heavy (non-hydrogen) atoms. The highest BCUT2D eigenvalue weighted by Crippen LogP contribution is 2.43. The maximum absolute atomic E-state index is 5.85. The third-order valence-corrected chi connectivity index (χ3v) is 2.67. The van der Waals surface area contributed by atoms with Crippen LogP contribution < -0.4 is 10.5 Å². The lowest BCUT2D eigenvalue weighted by Gasteiger charge is -2.07. The standard InChI is InChI=1S/C10H12ClNO/c1-13-10-4-6(11)2-3-7(10)8-5-9(8)12/h2-4,8-9H,5,12H2,1H3. The molecule has 0 heterocycles. The van der Waals surface area contributed by atoms with Gasteiger partial charge in [-0.05, 0) is 24.1 Å². The summed E-state index contributed by atoms with van der Waals surface area (Å²) in [7, 11) is 1.66. The number of methoxy groups -OCH3 is 1. The molecule has 2 nitrogen and oxygen atoms in total. The summed E-state index contributed by atoms with van der Waals surface area (Å²) >= 11 is 5.85. The Labute approximate surface area is 82.6 Å². The molecule has 0 saturated heterocycles. The van der Waals surface area contributed by atoms with Crippen molar-refractivity contribution in [3.8, 4) is 5.75 Å². The van der Waals surface area contributed by atoms with E-state index in [1.165, 1.54) is 5.56 Å². The van der Waals surface area contributed by atoms with E-state index in [9.17, 15) is 0 Å². The van der Waals surface area contributed by atoms with Gasteiger partial charge < -0.3 is 10.5 Å². The lowest BCUT2D eigenvalue weighted by atomic mass is 10.1. The zero-order valence-electron chi connectivity index (χ0n) is 7.46. The molecule has 0 aliphatic heterocycles. The molecular weight excluding hydrogens is 186 g/mol. The van der Waals surface area contributed by atoms with Gasteiger partial charge in [0.1, 0.15) is 5.75 Å². The minimum absolute atomic E-state index is 0.301. The van der Waals surface area contributed by atoms with Crippen molar-refractivity contribution in [1.82, 2.24) is 0 Å². The second-order valence-corrected chi connectivity index (χ2v) is 3.83. The fourth-order valence-electron chi connectivity index (χ4n) is 1.56. The Balaban J connectivity index is 2.34. The smallest absolute Gasteiger partial charge is 0.123 e. The molecule has 1 aromatic carbocycles. The van der Waals surface area contributed by atoms with E-state index in [1.54, 1.807) is 7.11 Å². The van der Waals surface area contributed by atoms with Crippen LogP contribution in [0.15, 0.2) is 18.2 Å². The molecule has 0 radical (unpaired) electrons. The van der Waals surface area contributed by atoms with E-state index in [2.05, 4.69) is 0 Å². The summed E-state index contributed by atoms with van der Waals surface area (Å²) < 4.78 is 5.24. The van der Waals surface area contributed by atoms with Crippen molar-refractivity contribution in [3.63, 3.8) is 0 Å². The van der Waals surface area contributed by atoms with Gasteiger partial charge in [-0.15, -0.1) is 0 Å². The maximum atomic E-state index is 5.85. The van der Waals surface area contributed by atoms with Crippen LogP contribution >= 0.6 is 11.6 Å². The van der Waals surface area contributed by atoms with Gasteiger partial charge in [-0.3, -0.25) is 0 Å². The number of rotatable bonds is 2. The van der Waals surface area contributed by atoms with Gasteiger partial charge in [0, 0.05) is 17.0 Å². The molecule has 2 N–H and O–H groups in total. The largest absolute Gasteiger partial charge is 0.496 e. The summed E-state index contributed by atoms with van der Waals surface area (Å²) in [5.74, 6) is 1.32. The first-order valence-electron chi connectivity index (χ1n) is 4.31. The molecule has 2 unspecified atom stereocenters. The first kappa shape index (κ1) is 8.85. The normalized spacial score (nSPS) is 25.8. The van der Waals surface area contributed by atoms with Gasteiger partial charge in [0.2, 0.25) is 0 Å². The van der Waals surface area contributed by atoms with Crippen molar-refractivity contribution in [2.75, 3.05) is 7.11 Å². The van der Waals surface area contributed by atoms with Gasteiger partial charge >= 0.3 is 0 Å². The van der Waals surface area contributed by atoms with Gasteiger partial charge in [-0.25, -0.2) is 0 Å². The first-order valence-corrected chi connectivity index (χ1v) is 4.69.